The lowest BCUT2D eigenvalue weighted by molar-refractivity contribution is -0.126. The number of amides is 3. The highest BCUT2D eigenvalue weighted by Crippen LogP contribution is 2.27. The number of carbonyl (C=O) groups excluding carboxylic acids is 3. The van der Waals surface area contributed by atoms with Crippen molar-refractivity contribution in [3.63, 3.8) is 0 Å². The predicted molar refractivity (Wildman–Crippen MR) is 89.2 cm³/mol. The maximum absolute atomic E-state index is 12.1. The van der Waals surface area contributed by atoms with Gasteiger partial charge in [-0.25, -0.2) is 0 Å². The van der Waals surface area contributed by atoms with E-state index in [1.807, 2.05) is 6.07 Å². The van der Waals surface area contributed by atoms with Gasteiger partial charge in [-0.3, -0.25) is 19.3 Å². The van der Waals surface area contributed by atoms with Crippen LogP contribution in [0.15, 0.2) is 24.3 Å². The van der Waals surface area contributed by atoms with E-state index in [0.717, 1.165) is 31.0 Å². The molecule has 0 saturated carbocycles. The third-order valence-electron chi connectivity index (χ3n) is 4.42. The summed E-state index contributed by atoms with van der Waals surface area (Å²) < 4.78 is 0. The van der Waals surface area contributed by atoms with E-state index in [1.165, 1.54) is 16.0 Å². The van der Waals surface area contributed by atoms with Crippen molar-refractivity contribution in [3.8, 4) is 0 Å². The summed E-state index contributed by atoms with van der Waals surface area (Å²) in [5.74, 6) is 0.420. The fraction of sp³-hybridized carbons (Fsp3) is 0.471. The first-order valence-corrected chi connectivity index (χ1v) is 8.92. The van der Waals surface area contributed by atoms with Gasteiger partial charge in [0.1, 0.15) is 0 Å². The fourth-order valence-electron chi connectivity index (χ4n) is 3.19. The van der Waals surface area contributed by atoms with Crippen LogP contribution in [0.3, 0.4) is 0 Å². The van der Waals surface area contributed by atoms with Gasteiger partial charge in [-0.05, 0) is 36.3 Å². The molecule has 1 aromatic carbocycles. The van der Waals surface area contributed by atoms with E-state index in [4.69, 9.17) is 0 Å². The summed E-state index contributed by atoms with van der Waals surface area (Å²) in [6.45, 7) is 0.601. The number of rotatable bonds is 5. The van der Waals surface area contributed by atoms with Gasteiger partial charge in [0.05, 0.1) is 5.75 Å². The van der Waals surface area contributed by atoms with Crippen LogP contribution in [0.4, 0.5) is 4.79 Å². The molecule has 0 unspecified atom stereocenters. The summed E-state index contributed by atoms with van der Waals surface area (Å²) in [5, 5.41) is 2.61. The smallest absolute Gasteiger partial charge is 0.288 e. The summed E-state index contributed by atoms with van der Waals surface area (Å²) in [6, 6.07) is 8.41. The zero-order valence-corrected chi connectivity index (χ0v) is 13.7. The van der Waals surface area contributed by atoms with Gasteiger partial charge in [0, 0.05) is 19.5 Å². The maximum Gasteiger partial charge on any atom is 0.288 e. The molecule has 1 heterocycles. The Labute approximate surface area is 139 Å². The van der Waals surface area contributed by atoms with Gasteiger partial charge < -0.3 is 5.32 Å². The average Bonchev–Trinajstić information content (AvgIpc) is 2.86. The topological polar surface area (TPSA) is 66.5 Å². The number of nitrogens with zero attached hydrogens (tertiary/aromatic N) is 1. The molecule has 1 saturated heterocycles. The Balaban J connectivity index is 1.42. The summed E-state index contributed by atoms with van der Waals surface area (Å²) >= 11 is 1.02. The number of aryl methyl sites for hydroxylation is 1. The zero-order valence-electron chi connectivity index (χ0n) is 12.9. The molecule has 23 heavy (non-hydrogen) atoms. The lowest BCUT2D eigenvalue weighted by Gasteiger charge is -2.24. The molecule has 1 aliphatic carbocycles. The lowest BCUT2D eigenvalue weighted by atomic mass is 9.82. The average molecular weight is 332 g/mol. The number of thioether (sulfide) groups is 1. The highest BCUT2D eigenvalue weighted by Gasteiger charge is 2.29. The van der Waals surface area contributed by atoms with Gasteiger partial charge in [-0.15, -0.1) is 0 Å². The first-order valence-electron chi connectivity index (χ1n) is 7.94. The van der Waals surface area contributed by atoms with Crippen LogP contribution in [0, 0.1) is 5.92 Å². The molecule has 0 aromatic heterocycles. The van der Waals surface area contributed by atoms with Crippen LogP contribution in [0.5, 0.6) is 0 Å². The van der Waals surface area contributed by atoms with E-state index in [0.29, 0.717) is 18.9 Å². The molecule has 1 aromatic rings. The second-order valence-electron chi connectivity index (χ2n) is 6.03. The molecule has 1 aliphatic heterocycles. The molecular formula is C17H20N2O3S. The Bertz CT molecular complexity index is 616. The van der Waals surface area contributed by atoms with Gasteiger partial charge in [0.2, 0.25) is 11.8 Å². The predicted octanol–water partition coefficient (Wildman–Crippen LogP) is 1.99. The monoisotopic (exact) mass is 332 g/mol. The number of carbonyl (C=O) groups is 3. The summed E-state index contributed by atoms with van der Waals surface area (Å²) in [7, 11) is 0. The molecule has 0 spiro atoms. The van der Waals surface area contributed by atoms with Crippen molar-refractivity contribution >= 4 is 28.8 Å². The zero-order chi connectivity index (χ0) is 16.2. The Morgan fingerprint density at radius 3 is 2.78 bits per heavy atom. The summed E-state index contributed by atoms with van der Waals surface area (Å²) in [5.41, 5.74) is 2.74. The van der Waals surface area contributed by atoms with Crippen molar-refractivity contribution in [1.29, 1.82) is 0 Å². The second kappa shape index (κ2) is 7.17. The summed E-state index contributed by atoms with van der Waals surface area (Å²) in [6.07, 6.45) is 3.51. The maximum atomic E-state index is 12.1. The minimum atomic E-state index is -0.215. The molecule has 1 fully saturated rings. The molecule has 0 bridgehead atoms. The van der Waals surface area contributed by atoms with Gasteiger partial charge in [-0.2, -0.15) is 0 Å². The fourth-order valence-corrected chi connectivity index (χ4v) is 3.94. The van der Waals surface area contributed by atoms with Crippen molar-refractivity contribution in [2.24, 2.45) is 5.92 Å². The molecule has 1 N–H and O–H groups in total. The van der Waals surface area contributed by atoms with Crippen molar-refractivity contribution < 1.29 is 14.4 Å². The Morgan fingerprint density at radius 2 is 2.04 bits per heavy atom. The molecule has 3 rings (SSSR count). The SMILES string of the molecule is O=C(C[C@@H]1CCc2ccccc2C1)NCCN1C(=O)CSC1=O. The van der Waals surface area contributed by atoms with Crippen LogP contribution in [0.2, 0.25) is 0 Å². The van der Waals surface area contributed by atoms with Crippen LogP contribution >= 0.6 is 11.8 Å². The molecule has 0 radical (unpaired) electrons. The van der Waals surface area contributed by atoms with E-state index in [9.17, 15) is 14.4 Å². The highest BCUT2D eigenvalue weighted by atomic mass is 32.2. The largest absolute Gasteiger partial charge is 0.354 e. The van der Waals surface area contributed by atoms with Crippen LogP contribution < -0.4 is 5.32 Å². The van der Waals surface area contributed by atoms with Crippen molar-refractivity contribution in [3.05, 3.63) is 35.4 Å². The van der Waals surface area contributed by atoms with Crippen molar-refractivity contribution in [2.45, 2.75) is 25.7 Å². The number of imide groups is 1. The first kappa shape index (κ1) is 16.1. The van der Waals surface area contributed by atoms with Crippen LogP contribution in [-0.4, -0.2) is 40.8 Å². The van der Waals surface area contributed by atoms with Gasteiger partial charge in [-0.1, -0.05) is 36.0 Å². The number of fused-ring (bicyclic) bond motifs is 1. The van der Waals surface area contributed by atoms with E-state index in [-0.39, 0.29) is 29.4 Å². The van der Waals surface area contributed by atoms with Gasteiger partial charge >= 0.3 is 0 Å². The Morgan fingerprint density at radius 1 is 1.26 bits per heavy atom. The van der Waals surface area contributed by atoms with Gasteiger partial charge in [0.25, 0.3) is 5.24 Å². The molecule has 5 nitrogen and oxygen atoms in total. The minimum absolute atomic E-state index is 0.00105. The quantitative estimate of drug-likeness (QED) is 0.895. The summed E-state index contributed by atoms with van der Waals surface area (Å²) in [4.78, 5) is 36.2. The third-order valence-corrected chi connectivity index (χ3v) is 5.28. The molecule has 122 valence electrons. The third kappa shape index (κ3) is 3.93. The number of hydrogen-bond acceptors (Lipinski definition) is 4. The van der Waals surface area contributed by atoms with Crippen molar-refractivity contribution in [1.82, 2.24) is 10.2 Å². The first-order chi connectivity index (χ1) is 11.1. The number of nitrogens with one attached hydrogen (secondary N) is 1. The lowest BCUT2D eigenvalue weighted by Crippen LogP contribution is -2.38. The van der Waals surface area contributed by atoms with E-state index >= 15 is 0 Å². The highest BCUT2D eigenvalue weighted by molar-refractivity contribution is 8.14. The van der Waals surface area contributed by atoms with E-state index in [2.05, 4.69) is 23.5 Å². The molecule has 2 aliphatic rings. The normalized spacial score (nSPS) is 20.5. The number of benzene rings is 1. The molecule has 3 amide bonds. The van der Waals surface area contributed by atoms with E-state index in [1.54, 1.807) is 0 Å². The van der Waals surface area contributed by atoms with Gasteiger partial charge in [0.15, 0.2) is 0 Å². The standard InChI is InChI=1S/C17H20N2O3S/c20-15(18-7-8-19-16(21)11-23-17(19)22)10-12-5-6-13-3-1-2-4-14(13)9-12/h1-4,12H,5-11H2,(H,18,20)/t12-/m1/s1. The molecular weight excluding hydrogens is 312 g/mol. The van der Waals surface area contributed by atoms with E-state index < -0.39 is 0 Å². The van der Waals surface area contributed by atoms with Crippen LogP contribution in [-0.2, 0) is 22.4 Å². The van der Waals surface area contributed by atoms with Crippen LogP contribution in [0.1, 0.15) is 24.0 Å². The number of hydrogen-bond donors (Lipinski definition) is 1. The minimum Gasteiger partial charge on any atom is -0.354 e. The molecule has 1 atom stereocenters. The Kier molecular flexibility index (Phi) is 5.00. The molecule has 6 heteroatoms. The van der Waals surface area contributed by atoms with Crippen molar-refractivity contribution in [2.75, 3.05) is 18.8 Å². The van der Waals surface area contributed by atoms with Crippen LogP contribution in [0.25, 0.3) is 0 Å². The second-order valence-corrected chi connectivity index (χ2v) is 6.96. The Hall–Kier alpha value is -1.82.